The Kier molecular flexibility index (Phi) is 4.28. The molecule has 0 spiro atoms. The molecule has 1 saturated heterocycles. The summed E-state index contributed by atoms with van der Waals surface area (Å²) in [7, 11) is 0. The number of ether oxygens (including phenoxy) is 2. The van der Waals surface area contributed by atoms with Crippen molar-refractivity contribution in [3.63, 3.8) is 0 Å². The first-order chi connectivity index (χ1) is 9.90. The van der Waals surface area contributed by atoms with E-state index in [9.17, 15) is 0 Å². The van der Waals surface area contributed by atoms with E-state index in [-0.39, 0.29) is 0 Å². The largest absolute Gasteiger partial charge is 0.487 e. The normalized spacial score (nSPS) is 18.1. The highest BCUT2D eigenvalue weighted by Crippen LogP contribution is 2.18. The molecule has 0 saturated carbocycles. The van der Waals surface area contributed by atoms with Crippen molar-refractivity contribution in [1.29, 1.82) is 0 Å². The third kappa shape index (κ3) is 3.58. The molecule has 0 amide bonds. The van der Waals surface area contributed by atoms with Crippen LogP contribution < -0.4 is 4.74 Å². The highest BCUT2D eigenvalue weighted by atomic mass is 16.5. The van der Waals surface area contributed by atoms with E-state index >= 15 is 0 Å². The van der Waals surface area contributed by atoms with Crippen LogP contribution >= 0.6 is 0 Å². The van der Waals surface area contributed by atoms with Gasteiger partial charge in [0, 0.05) is 18.7 Å². The molecule has 1 atom stereocenters. The third-order valence-corrected chi connectivity index (χ3v) is 3.51. The van der Waals surface area contributed by atoms with Gasteiger partial charge in [-0.3, -0.25) is 4.98 Å². The molecular formula is C17H19NO2. The summed E-state index contributed by atoms with van der Waals surface area (Å²) in [6, 6.07) is 14.2. The van der Waals surface area contributed by atoms with Crippen molar-refractivity contribution >= 4 is 0 Å². The highest BCUT2D eigenvalue weighted by molar-refractivity contribution is 5.21. The second-order valence-corrected chi connectivity index (χ2v) is 5.10. The fourth-order valence-corrected chi connectivity index (χ4v) is 2.40. The van der Waals surface area contributed by atoms with Crippen LogP contribution in [-0.2, 0) is 17.8 Å². The van der Waals surface area contributed by atoms with Crippen molar-refractivity contribution in [2.24, 2.45) is 0 Å². The van der Waals surface area contributed by atoms with Gasteiger partial charge in [0.2, 0.25) is 0 Å². The summed E-state index contributed by atoms with van der Waals surface area (Å²) in [5.74, 6) is 0.810. The second kappa shape index (κ2) is 6.53. The number of rotatable bonds is 5. The van der Waals surface area contributed by atoms with Gasteiger partial charge in [0.15, 0.2) is 0 Å². The lowest BCUT2D eigenvalue weighted by Crippen LogP contribution is -2.09. The molecule has 1 aliphatic heterocycles. The van der Waals surface area contributed by atoms with Crippen molar-refractivity contribution in [2.75, 3.05) is 6.61 Å². The van der Waals surface area contributed by atoms with Gasteiger partial charge in [0.05, 0.1) is 12.3 Å². The van der Waals surface area contributed by atoms with E-state index in [1.807, 2.05) is 30.3 Å². The lowest BCUT2D eigenvalue weighted by Gasteiger charge is -2.09. The molecule has 1 aromatic heterocycles. The van der Waals surface area contributed by atoms with Crippen molar-refractivity contribution in [3.05, 3.63) is 59.9 Å². The topological polar surface area (TPSA) is 31.4 Å². The molecule has 0 aliphatic carbocycles. The predicted molar refractivity (Wildman–Crippen MR) is 77.7 cm³/mol. The summed E-state index contributed by atoms with van der Waals surface area (Å²) in [6.45, 7) is 1.47. The summed E-state index contributed by atoms with van der Waals surface area (Å²) in [4.78, 5) is 4.45. The smallest absolute Gasteiger partial charge is 0.138 e. The van der Waals surface area contributed by atoms with E-state index < -0.39 is 0 Å². The van der Waals surface area contributed by atoms with Crippen molar-refractivity contribution in [3.8, 4) is 5.75 Å². The van der Waals surface area contributed by atoms with Gasteiger partial charge in [0.25, 0.3) is 0 Å². The van der Waals surface area contributed by atoms with Gasteiger partial charge in [-0.15, -0.1) is 0 Å². The van der Waals surface area contributed by atoms with Crippen molar-refractivity contribution < 1.29 is 9.47 Å². The summed E-state index contributed by atoms with van der Waals surface area (Å²) in [6.07, 6.45) is 5.36. The first-order valence-electron chi connectivity index (χ1n) is 7.13. The molecule has 1 unspecified atom stereocenters. The standard InChI is InChI=1S/C17H19NO2/c1-2-5-14(6-3-1)13-20-17-9-8-15(18-12-17)11-16-7-4-10-19-16/h1-3,5-6,8-9,12,16H,4,7,10-11,13H2. The molecule has 2 aromatic rings. The van der Waals surface area contributed by atoms with E-state index in [1.54, 1.807) is 6.20 Å². The fraction of sp³-hybridized carbons (Fsp3) is 0.353. The molecule has 20 heavy (non-hydrogen) atoms. The molecule has 0 bridgehead atoms. The number of nitrogens with zero attached hydrogens (tertiary/aromatic N) is 1. The first-order valence-corrected chi connectivity index (χ1v) is 7.13. The molecule has 2 heterocycles. The van der Waals surface area contributed by atoms with Crippen LogP contribution in [0, 0.1) is 0 Å². The lowest BCUT2D eigenvalue weighted by atomic mass is 10.1. The second-order valence-electron chi connectivity index (χ2n) is 5.10. The van der Waals surface area contributed by atoms with Gasteiger partial charge >= 0.3 is 0 Å². The molecule has 1 aliphatic rings. The SMILES string of the molecule is c1ccc(COc2ccc(CC3CCCO3)nc2)cc1. The number of aromatic nitrogens is 1. The average Bonchev–Trinajstić information content (AvgIpc) is 3.01. The average molecular weight is 269 g/mol. The maximum Gasteiger partial charge on any atom is 0.138 e. The number of benzene rings is 1. The Morgan fingerprint density at radius 2 is 2.05 bits per heavy atom. The van der Waals surface area contributed by atoms with E-state index in [0.717, 1.165) is 36.5 Å². The van der Waals surface area contributed by atoms with Gasteiger partial charge in [0.1, 0.15) is 12.4 Å². The minimum absolute atomic E-state index is 0.346. The van der Waals surface area contributed by atoms with Gasteiger partial charge in [-0.1, -0.05) is 30.3 Å². The van der Waals surface area contributed by atoms with Crippen LogP contribution in [0.15, 0.2) is 48.7 Å². The van der Waals surface area contributed by atoms with Crippen LogP contribution in [0.1, 0.15) is 24.1 Å². The maximum absolute atomic E-state index is 5.72. The van der Waals surface area contributed by atoms with E-state index in [4.69, 9.17) is 9.47 Å². The lowest BCUT2D eigenvalue weighted by molar-refractivity contribution is 0.110. The minimum Gasteiger partial charge on any atom is -0.487 e. The molecule has 0 radical (unpaired) electrons. The van der Waals surface area contributed by atoms with Crippen LogP contribution in [0.5, 0.6) is 5.75 Å². The molecule has 3 nitrogen and oxygen atoms in total. The fourth-order valence-electron chi connectivity index (χ4n) is 2.40. The number of pyridine rings is 1. The molecule has 1 aromatic carbocycles. The van der Waals surface area contributed by atoms with Crippen LogP contribution in [0.3, 0.4) is 0 Å². The predicted octanol–water partition coefficient (Wildman–Crippen LogP) is 3.38. The molecule has 1 fully saturated rings. The molecular weight excluding hydrogens is 250 g/mol. The van der Waals surface area contributed by atoms with Crippen molar-refractivity contribution in [2.45, 2.75) is 32.0 Å². The Morgan fingerprint density at radius 1 is 1.15 bits per heavy atom. The van der Waals surface area contributed by atoms with Gasteiger partial charge in [-0.2, -0.15) is 0 Å². The summed E-state index contributed by atoms with van der Waals surface area (Å²) < 4.78 is 11.3. The summed E-state index contributed by atoms with van der Waals surface area (Å²) in [5.41, 5.74) is 2.24. The van der Waals surface area contributed by atoms with Crippen LogP contribution in [0.2, 0.25) is 0 Å². The van der Waals surface area contributed by atoms with Crippen LogP contribution in [0.4, 0.5) is 0 Å². The van der Waals surface area contributed by atoms with Crippen molar-refractivity contribution in [1.82, 2.24) is 4.98 Å². The van der Waals surface area contributed by atoms with Crippen LogP contribution in [-0.4, -0.2) is 17.7 Å². The van der Waals surface area contributed by atoms with Gasteiger partial charge < -0.3 is 9.47 Å². The van der Waals surface area contributed by atoms with E-state index in [1.165, 1.54) is 6.42 Å². The van der Waals surface area contributed by atoms with Crippen LogP contribution in [0.25, 0.3) is 0 Å². The van der Waals surface area contributed by atoms with E-state index in [2.05, 4.69) is 17.1 Å². The zero-order chi connectivity index (χ0) is 13.6. The third-order valence-electron chi connectivity index (χ3n) is 3.51. The molecule has 3 heteroatoms. The Bertz CT molecular complexity index is 518. The number of hydrogen-bond acceptors (Lipinski definition) is 3. The van der Waals surface area contributed by atoms with Gasteiger partial charge in [-0.25, -0.2) is 0 Å². The zero-order valence-corrected chi connectivity index (χ0v) is 11.5. The minimum atomic E-state index is 0.346. The Morgan fingerprint density at radius 3 is 2.75 bits per heavy atom. The molecule has 3 rings (SSSR count). The highest BCUT2D eigenvalue weighted by Gasteiger charge is 2.16. The molecule has 0 N–H and O–H groups in total. The zero-order valence-electron chi connectivity index (χ0n) is 11.5. The monoisotopic (exact) mass is 269 g/mol. The molecule has 104 valence electrons. The maximum atomic E-state index is 5.72. The Balaban J connectivity index is 1.53. The van der Waals surface area contributed by atoms with Gasteiger partial charge in [-0.05, 0) is 30.5 Å². The summed E-state index contributed by atoms with van der Waals surface area (Å²) >= 11 is 0. The summed E-state index contributed by atoms with van der Waals surface area (Å²) in [5, 5.41) is 0. The quantitative estimate of drug-likeness (QED) is 0.834. The number of hydrogen-bond donors (Lipinski definition) is 0. The Hall–Kier alpha value is -1.87. The first kappa shape index (κ1) is 13.1. The van der Waals surface area contributed by atoms with E-state index in [0.29, 0.717) is 12.7 Å². The Labute approximate surface area is 119 Å².